The second-order valence-corrected chi connectivity index (χ2v) is 5.89. The van der Waals surface area contributed by atoms with Gasteiger partial charge in [0.15, 0.2) is 6.29 Å². The first-order valence-electron chi connectivity index (χ1n) is 9.50. The summed E-state index contributed by atoms with van der Waals surface area (Å²) in [7, 11) is 0. The lowest BCUT2D eigenvalue weighted by Crippen LogP contribution is -1.98. The van der Waals surface area contributed by atoms with Crippen LogP contribution in [0.3, 0.4) is 0 Å². The van der Waals surface area contributed by atoms with Gasteiger partial charge in [-0.2, -0.15) is 0 Å². The topological polar surface area (TPSA) is 60.2 Å². The average molecular weight is 359 g/mol. The molecule has 143 valence electrons. The van der Waals surface area contributed by atoms with E-state index in [4.69, 9.17) is 0 Å². The summed E-state index contributed by atoms with van der Waals surface area (Å²) in [5.74, 6) is 0. The second-order valence-electron chi connectivity index (χ2n) is 5.89. The summed E-state index contributed by atoms with van der Waals surface area (Å²) >= 11 is 0. The van der Waals surface area contributed by atoms with E-state index in [2.05, 4.69) is 43.4 Å². The highest BCUT2D eigenvalue weighted by Crippen LogP contribution is 2.11. The van der Waals surface area contributed by atoms with Gasteiger partial charge in [-0.25, -0.2) is 0 Å². The lowest BCUT2D eigenvalue weighted by atomic mass is 10.1. The Morgan fingerprint density at radius 1 is 0.846 bits per heavy atom. The Labute approximate surface area is 158 Å². The number of hydrogen-bond acceptors (Lipinski definition) is 3. The molecule has 0 atom stereocenters. The molecule has 4 nitrogen and oxygen atoms in total. The zero-order chi connectivity index (χ0) is 19.3. The molecular formula is C22H32NO3. The van der Waals surface area contributed by atoms with E-state index in [-0.39, 0.29) is 10.6 Å². The van der Waals surface area contributed by atoms with Crippen LogP contribution in [0.2, 0.25) is 0 Å². The Morgan fingerprint density at radius 2 is 1.38 bits per heavy atom. The molecule has 1 radical (unpaired) electrons. The first kappa shape index (κ1) is 23.8. The smallest absolute Gasteiger partial charge is 0.242 e. The number of nitrogens with zero attached hydrogens (tertiary/aromatic N) is 1. The van der Waals surface area contributed by atoms with E-state index >= 15 is 0 Å². The SMILES string of the molecule is CC/C=C/C/C=C/C/C=C/C/C=C/C/C=C(/CCCCC[C]=O)[N+](=O)[O-]. The van der Waals surface area contributed by atoms with Crippen LogP contribution in [0.5, 0.6) is 0 Å². The van der Waals surface area contributed by atoms with Crippen LogP contribution < -0.4 is 0 Å². The van der Waals surface area contributed by atoms with Gasteiger partial charge >= 0.3 is 0 Å². The van der Waals surface area contributed by atoms with Gasteiger partial charge in [-0.15, -0.1) is 0 Å². The van der Waals surface area contributed by atoms with Gasteiger partial charge in [-0.05, 0) is 51.0 Å². The molecule has 0 N–H and O–H groups in total. The van der Waals surface area contributed by atoms with E-state index in [1.54, 1.807) is 6.08 Å². The summed E-state index contributed by atoms with van der Waals surface area (Å²) in [6, 6.07) is 0. The third kappa shape index (κ3) is 16.6. The molecule has 0 saturated carbocycles. The van der Waals surface area contributed by atoms with Crippen molar-refractivity contribution in [2.75, 3.05) is 0 Å². The predicted octanol–water partition coefficient (Wildman–Crippen LogP) is 6.40. The van der Waals surface area contributed by atoms with Crippen LogP contribution in [0.15, 0.2) is 60.4 Å². The summed E-state index contributed by atoms with van der Waals surface area (Å²) in [4.78, 5) is 20.8. The number of unbranched alkanes of at least 4 members (excludes halogenated alkanes) is 3. The van der Waals surface area contributed by atoms with E-state index in [1.165, 1.54) is 0 Å². The maximum atomic E-state index is 11.0. The molecule has 0 fully saturated rings. The molecule has 0 aromatic heterocycles. The third-order valence-electron chi connectivity index (χ3n) is 3.65. The number of allylic oxidation sites excluding steroid dienone is 10. The number of carbonyl (C=O) groups excluding carboxylic acids is 1. The van der Waals surface area contributed by atoms with Gasteiger partial charge in [-0.3, -0.25) is 14.9 Å². The van der Waals surface area contributed by atoms with E-state index in [0.29, 0.717) is 19.3 Å². The van der Waals surface area contributed by atoms with Gasteiger partial charge < -0.3 is 0 Å². The summed E-state index contributed by atoms with van der Waals surface area (Å²) in [5.41, 5.74) is 0.266. The normalized spacial score (nSPS) is 12.9. The quantitative estimate of drug-likeness (QED) is 0.139. The zero-order valence-electron chi connectivity index (χ0n) is 15.9. The van der Waals surface area contributed by atoms with Gasteiger partial charge in [0.25, 0.3) is 0 Å². The number of hydrogen-bond donors (Lipinski definition) is 0. The maximum absolute atomic E-state index is 11.0. The highest BCUT2D eigenvalue weighted by Gasteiger charge is 2.08. The molecule has 0 amide bonds. The second kappa shape index (κ2) is 19.1. The van der Waals surface area contributed by atoms with Crippen LogP contribution in [0.4, 0.5) is 0 Å². The van der Waals surface area contributed by atoms with Crippen LogP contribution >= 0.6 is 0 Å². The molecule has 26 heavy (non-hydrogen) atoms. The van der Waals surface area contributed by atoms with Gasteiger partial charge in [-0.1, -0.05) is 62.0 Å². The molecule has 4 heteroatoms. The monoisotopic (exact) mass is 358 g/mol. The van der Waals surface area contributed by atoms with Crippen molar-refractivity contribution < 1.29 is 9.72 Å². The van der Waals surface area contributed by atoms with E-state index in [9.17, 15) is 14.9 Å². The summed E-state index contributed by atoms with van der Waals surface area (Å²) < 4.78 is 0. The fourth-order valence-electron chi connectivity index (χ4n) is 2.23. The Kier molecular flexibility index (Phi) is 17.5. The minimum atomic E-state index is -0.304. The number of rotatable bonds is 16. The van der Waals surface area contributed by atoms with Crippen molar-refractivity contribution in [3.8, 4) is 0 Å². The van der Waals surface area contributed by atoms with Crippen molar-refractivity contribution >= 4 is 6.29 Å². The fraction of sp³-hybridized carbons (Fsp3) is 0.500. The van der Waals surface area contributed by atoms with Crippen molar-refractivity contribution in [1.29, 1.82) is 0 Å². The number of nitro groups is 1. The third-order valence-corrected chi connectivity index (χ3v) is 3.65. The molecule has 0 spiro atoms. The van der Waals surface area contributed by atoms with Gasteiger partial charge in [0, 0.05) is 12.8 Å². The van der Waals surface area contributed by atoms with Crippen LogP contribution in [0.1, 0.15) is 71.1 Å². The van der Waals surface area contributed by atoms with Crippen LogP contribution in [0, 0.1) is 10.1 Å². The fourth-order valence-corrected chi connectivity index (χ4v) is 2.23. The summed E-state index contributed by atoms with van der Waals surface area (Å²) in [6.45, 7) is 2.13. The maximum Gasteiger partial charge on any atom is 0.242 e. The zero-order valence-corrected chi connectivity index (χ0v) is 15.9. The van der Waals surface area contributed by atoms with Crippen molar-refractivity contribution in [2.45, 2.75) is 71.1 Å². The lowest BCUT2D eigenvalue weighted by molar-refractivity contribution is -0.428. The highest BCUT2D eigenvalue weighted by atomic mass is 16.6. The first-order chi connectivity index (χ1) is 12.7. The largest absolute Gasteiger partial charge is 0.291 e. The van der Waals surface area contributed by atoms with E-state index < -0.39 is 0 Å². The molecule has 0 aliphatic heterocycles. The van der Waals surface area contributed by atoms with Crippen LogP contribution in [0.25, 0.3) is 0 Å². The molecule has 0 saturated heterocycles. The highest BCUT2D eigenvalue weighted by molar-refractivity contribution is 5.50. The van der Waals surface area contributed by atoms with Gasteiger partial charge in [0.05, 0.1) is 4.92 Å². The molecule has 0 aromatic rings. The molecule has 0 aliphatic rings. The van der Waals surface area contributed by atoms with E-state index in [1.807, 2.05) is 18.4 Å². The summed E-state index contributed by atoms with van der Waals surface area (Å²) in [5, 5.41) is 11.0. The molecule has 0 aromatic carbocycles. The molecule has 0 aliphatic carbocycles. The molecule has 0 bridgehead atoms. The minimum absolute atomic E-state index is 0.266. The van der Waals surface area contributed by atoms with Gasteiger partial charge in [0.2, 0.25) is 5.70 Å². The van der Waals surface area contributed by atoms with E-state index in [0.717, 1.165) is 44.9 Å². The van der Waals surface area contributed by atoms with Crippen molar-refractivity contribution in [2.24, 2.45) is 0 Å². The Bertz CT molecular complexity index is 513. The Hall–Kier alpha value is -2.23. The molecule has 0 unspecified atom stereocenters. The van der Waals surface area contributed by atoms with Gasteiger partial charge in [0.1, 0.15) is 0 Å². The Morgan fingerprint density at radius 3 is 1.88 bits per heavy atom. The van der Waals surface area contributed by atoms with Crippen molar-refractivity contribution in [3.05, 3.63) is 70.5 Å². The summed E-state index contributed by atoms with van der Waals surface area (Å²) in [6.07, 6.45) is 28.0. The van der Waals surface area contributed by atoms with Crippen molar-refractivity contribution in [1.82, 2.24) is 0 Å². The molecular weight excluding hydrogens is 326 g/mol. The predicted molar refractivity (Wildman–Crippen MR) is 109 cm³/mol. The Balaban J connectivity index is 3.92. The first-order valence-corrected chi connectivity index (χ1v) is 9.50. The van der Waals surface area contributed by atoms with Crippen LogP contribution in [-0.2, 0) is 4.79 Å². The van der Waals surface area contributed by atoms with Crippen LogP contribution in [-0.4, -0.2) is 11.2 Å². The lowest BCUT2D eigenvalue weighted by Gasteiger charge is -1.98. The van der Waals surface area contributed by atoms with Crippen molar-refractivity contribution in [3.63, 3.8) is 0 Å². The molecule has 0 rings (SSSR count). The standard InChI is InChI=1S/C22H32NO3/c1-2-3-4-5-6-7-8-9-10-11-12-13-16-19-22(23(25)26)20-17-14-15-18-21-24/h3-4,6-7,9-10,12-13,19H,2,5,8,11,14-18,20H2,1H3/b4-3+,7-6+,10-9+,13-12+,22-19-. The average Bonchev–Trinajstić information content (AvgIpc) is 2.63. The minimum Gasteiger partial charge on any atom is -0.291 e. The molecule has 0 heterocycles.